The van der Waals surface area contributed by atoms with E-state index in [1.165, 1.54) is 0 Å². The van der Waals surface area contributed by atoms with Crippen molar-refractivity contribution >= 4 is 39.2 Å². The van der Waals surface area contributed by atoms with Crippen LogP contribution in [-0.4, -0.2) is 69.1 Å². The van der Waals surface area contributed by atoms with E-state index in [1.54, 1.807) is 60.2 Å². The number of rotatable bonds is 5. The van der Waals surface area contributed by atoms with Gasteiger partial charge in [-0.1, -0.05) is 0 Å². The van der Waals surface area contributed by atoms with Gasteiger partial charge in [0.05, 0.1) is 36.3 Å². The summed E-state index contributed by atoms with van der Waals surface area (Å²) >= 11 is 1.54. The maximum Gasteiger partial charge on any atom is 0.255 e. The smallest absolute Gasteiger partial charge is 0.255 e. The van der Waals surface area contributed by atoms with Crippen molar-refractivity contribution in [3.05, 3.63) is 53.4 Å². The van der Waals surface area contributed by atoms with Gasteiger partial charge in [-0.3, -0.25) is 9.78 Å². The molecule has 1 fully saturated rings. The quantitative estimate of drug-likeness (QED) is 0.475. The molecule has 5 rings (SSSR count). The van der Waals surface area contributed by atoms with Crippen molar-refractivity contribution in [2.24, 2.45) is 0 Å². The summed E-state index contributed by atoms with van der Waals surface area (Å²) in [6.45, 7) is 3.23. The van der Waals surface area contributed by atoms with Gasteiger partial charge in [0.15, 0.2) is 5.82 Å². The number of morpholine rings is 1. The van der Waals surface area contributed by atoms with E-state index in [1.807, 2.05) is 0 Å². The minimum atomic E-state index is -0.0836. The summed E-state index contributed by atoms with van der Waals surface area (Å²) in [4.78, 5) is 40.3. The molecule has 5 heterocycles. The Labute approximate surface area is 194 Å². The molecule has 0 saturated carbocycles. The van der Waals surface area contributed by atoms with Crippen molar-refractivity contribution in [2.45, 2.75) is 6.54 Å². The van der Waals surface area contributed by atoms with E-state index >= 15 is 0 Å². The average Bonchev–Trinajstić information content (AvgIpc) is 3.26. The lowest BCUT2D eigenvalue weighted by Gasteiger charge is -2.28. The highest BCUT2D eigenvalue weighted by Gasteiger charge is 2.21. The number of pyridine rings is 1. The summed E-state index contributed by atoms with van der Waals surface area (Å²) in [5, 5.41) is 0.958. The number of amides is 1. The van der Waals surface area contributed by atoms with Crippen molar-refractivity contribution in [1.82, 2.24) is 29.8 Å². The van der Waals surface area contributed by atoms with Gasteiger partial charge in [-0.05, 0) is 18.2 Å². The molecule has 1 aliphatic heterocycles. The molecule has 0 unspecified atom stereocenters. The first-order valence-corrected chi connectivity index (χ1v) is 11.3. The maximum absolute atomic E-state index is 12.8. The van der Waals surface area contributed by atoms with Gasteiger partial charge in [-0.15, -0.1) is 11.3 Å². The lowest BCUT2D eigenvalue weighted by Crippen LogP contribution is -2.37. The zero-order valence-corrected chi connectivity index (χ0v) is 18.8. The van der Waals surface area contributed by atoms with Gasteiger partial charge >= 0.3 is 0 Å². The van der Waals surface area contributed by atoms with E-state index in [9.17, 15) is 4.79 Å². The third kappa shape index (κ3) is 4.45. The molecule has 10 nitrogen and oxygen atoms in total. The predicted molar refractivity (Wildman–Crippen MR) is 126 cm³/mol. The number of carbonyl (C=O) groups excluding carboxylic acids is 1. The van der Waals surface area contributed by atoms with Crippen LogP contribution in [0.3, 0.4) is 0 Å². The Morgan fingerprint density at radius 1 is 1.21 bits per heavy atom. The Morgan fingerprint density at radius 2 is 2.00 bits per heavy atom. The number of nitrogens with two attached hydrogens (primary N) is 1. The summed E-state index contributed by atoms with van der Waals surface area (Å²) in [7, 11) is 1.78. The first-order chi connectivity index (χ1) is 16.1. The monoisotopic (exact) mass is 462 g/mol. The average molecular weight is 463 g/mol. The molecule has 1 saturated heterocycles. The maximum atomic E-state index is 12.8. The topological polar surface area (TPSA) is 123 Å². The van der Waals surface area contributed by atoms with E-state index in [2.05, 4.69) is 25.9 Å². The van der Waals surface area contributed by atoms with Gasteiger partial charge < -0.3 is 20.3 Å². The highest BCUT2D eigenvalue weighted by atomic mass is 32.1. The van der Waals surface area contributed by atoms with Crippen LogP contribution < -0.4 is 10.6 Å². The molecule has 1 amide bonds. The normalized spacial score (nSPS) is 13.9. The Kier molecular flexibility index (Phi) is 5.80. The third-order valence-electron chi connectivity index (χ3n) is 5.31. The highest BCUT2D eigenvalue weighted by molar-refractivity contribution is 7.18. The molecule has 1 aliphatic rings. The number of nitrogens with zero attached hydrogens (tertiary/aromatic N) is 7. The first-order valence-electron chi connectivity index (χ1n) is 10.4. The molecule has 33 heavy (non-hydrogen) atoms. The molecule has 11 heteroatoms. The minimum Gasteiger partial charge on any atom is -0.378 e. The summed E-state index contributed by atoms with van der Waals surface area (Å²) in [6, 6.07) is 5.59. The molecule has 4 aromatic rings. The van der Waals surface area contributed by atoms with E-state index < -0.39 is 0 Å². The molecule has 2 N–H and O–H groups in total. The number of thiophene rings is 1. The minimum absolute atomic E-state index is 0.0836. The lowest BCUT2D eigenvalue weighted by atomic mass is 10.2. The van der Waals surface area contributed by atoms with Crippen molar-refractivity contribution in [3.63, 3.8) is 0 Å². The molecular formula is C22H22N8O2S. The molecular weight excluding hydrogens is 440 g/mol. The number of carbonyl (C=O) groups is 1. The first kappa shape index (κ1) is 21.2. The van der Waals surface area contributed by atoms with E-state index in [4.69, 9.17) is 20.4 Å². The van der Waals surface area contributed by atoms with Crippen LogP contribution in [0.4, 0.5) is 11.8 Å². The summed E-state index contributed by atoms with van der Waals surface area (Å²) in [6.07, 6.45) is 6.48. The van der Waals surface area contributed by atoms with Crippen molar-refractivity contribution in [1.29, 1.82) is 0 Å². The number of hydrogen-bond donors (Lipinski definition) is 1. The molecule has 0 aromatic carbocycles. The van der Waals surface area contributed by atoms with Gasteiger partial charge in [-0.25, -0.2) is 19.9 Å². The second-order valence-electron chi connectivity index (χ2n) is 7.63. The fraction of sp³-hybridized carbons (Fsp3) is 0.273. The molecule has 0 spiro atoms. The number of hydrogen-bond acceptors (Lipinski definition) is 10. The van der Waals surface area contributed by atoms with Crippen LogP contribution in [0.15, 0.2) is 43.0 Å². The lowest BCUT2D eigenvalue weighted by molar-refractivity contribution is 0.0786. The molecule has 0 radical (unpaired) electrons. The fourth-order valence-corrected chi connectivity index (χ4v) is 4.72. The van der Waals surface area contributed by atoms with Gasteiger partial charge in [0.2, 0.25) is 5.95 Å². The zero-order valence-electron chi connectivity index (χ0n) is 18.0. The van der Waals surface area contributed by atoms with Crippen LogP contribution in [0.1, 0.15) is 15.2 Å². The number of aromatic nitrogens is 5. The Morgan fingerprint density at radius 3 is 2.73 bits per heavy atom. The molecule has 0 atom stereocenters. The molecule has 168 valence electrons. The highest BCUT2D eigenvalue weighted by Crippen LogP contribution is 2.34. The van der Waals surface area contributed by atoms with Crippen LogP contribution in [-0.2, 0) is 11.3 Å². The molecule has 0 aliphatic carbocycles. The standard InChI is InChI=1S/C22H22N8O2S/c1-29(21(31)14-3-2-4-24-10-14)13-16-9-17-19(30-5-7-32-8-6-30)27-18(28-20(17)33-16)15-11-25-22(23)26-12-15/h2-4,9-12H,5-8,13H2,1H3,(H2,23,25,26). The number of fused-ring (bicyclic) bond motifs is 1. The van der Waals surface area contributed by atoms with E-state index in [-0.39, 0.29) is 11.9 Å². The Bertz CT molecular complexity index is 1270. The largest absolute Gasteiger partial charge is 0.378 e. The summed E-state index contributed by atoms with van der Waals surface area (Å²) in [5.74, 6) is 1.50. The van der Waals surface area contributed by atoms with Crippen LogP contribution in [0.25, 0.3) is 21.6 Å². The van der Waals surface area contributed by atoms with E-state index in [0.717, 1.165) is 34.0 Å². The molecule has 0 bridgehead atoms. The fourth-order valence-electron chi connectivity index (χ4n) is 3.65. The van der Waals surface area contributed by atoms with Gasteiger partial charge in [-0.2, -0.15) is 0 Å². The van der Waals surface area contributed by atoms with Gasteiger partial charge in [0, 0.05) is 49.8 Å². The Balaban J connectivity index is 1.51. The van der Waals surface area contributed by atoms with Crippen molar-refractivity contribution < 1.29 is 9.53 Å². The Hall–Kier alpha value is -3.70. The second kappa shape index (κ2) is 9.04. The van der Waals surface area contributed by atoms with Crippen molar-refractivity contribution in [3.8, 4) is 11.4 Å². The van der Waals surface area contributed by atoms with E-state index in [0.29, 0.717) is 36.7 Å². The van der Waals surface area contributed by atoms with Crippen LogP contribution >= 0.6 is 11.3 Å². The SMILES string of the molecule is CN(Cc1cc2c(N3CCOCC3)nc(-c3cnc(N)nc3)nc2s1)C(=O)c1cccnc1. The zero-order chi connectivity index (χ0) is 22.8. The van der Waals surface area contributed by atoms with Crippen LogP contribution in [0.5, 0.6) is 0 Å². The van der Waals surface area contributed by atoms with Gasteiger partial charge in [0.1, 0.15) is 10.6 Å². The van der Waals surface area contributed by atoms with Gasteiger partial charge in [0.25, 0.3) is 5.91 Å². The number of ether oxygens (including phenoxy) is 1. The van der Waals surface area contributed by atoms with Crippen LogP contribution in [0, 0.1) is 0 Å². The summed E-state index contributed by atoms with van der Waals surface area (Å²) in [5.41, 5.74) is 6.89. The third-order valence-corrected chi connectivity index (χ3v) is 6.33. The van der Waals surface area contributed by atoms with Crippen molar-refractivity contribution in [2.75, 3.05) is 44.0 Å². The second-order valence-corrected chi connectivity index (χ2v) is 8.75. The van der Waals surface area contributed by atoms with Crippen LogP contribution in [0.2, 0.25) is 0 Å². The summed E-state index contributed by atoms with van der Waals surface area (Å²) < 4.78 is 5.52. The molecule has 4 aromatic heterocycles. The number of anilines is 2. The number of nitrogen functional groups attached to an aromatic ring is 1. The predicted octanol–water partition coefficient (Wildman–Crippen LogP) is 2.23.